The second kappa shape index (κ2) is 4.23. The molecule has 2 aromatic rings. The zero-order valence-electron chi connectivity index (χ0n) is 8.78. The van der Waals surface area contributed by atoms with Crippen molar-refractivity contribution in [2.24, 2.45) is 0 Å². The van der Waals surface area contributed by atoms with Crippen molar-refractivity contribution >= 4 is 0 Å². The van der Waals surface area contributed by atoms with Crippen molar-refractivity contribution in [2.45, 2.75) is 13.0 Å². The molecule has 0 radical (unpaired) electrons. The highest BCUT2D eigenvalue weighted by molar-refractivity contribution is 5.47. The van der Waals surface area contributed by atoms with Crippen LogP contribution in [0, 0.1) is 0 Å². The minimum atomic E-state index is -0.799. The summed E-state index contributed by atoms with van der Waals surface area (Å²) in [5.41, 5.74) is 0.455. The van der Waals surface area contributed by atoms with E-state index in [4.69, 9.17) is 9.26 Å². The summed E-state index contributed by atoms with van der Waals surface area (Å²) in [4.78, 5) is 3.96. The Morgan fingerprint density at radius 2 is 2.19 bits per heavy atom. The molecule has 0 aliphatic heterocycles. The van der Waals surface area contributed by atoms with Gasteiger partial charge in [0.25, 0.3) is 5.89 Å². The molecule has 2 aromatic heterocycles. The first-order valence-corrected chi connectivity index (χ1v) is 4.60. The highest BCUT2D eigenvalue weighted by Crippen LogP contribution is 2.16. The molecule has 7 nitrogen and oxygen atoms in total. The first-order valence-electron chi connectivity index (χ1n) is 4.60. The van der Waals surface area contributed by atoms with Crippen LogP contribution in [0.1, 0.15) is 18.9 Å². The standard InChI is InChI=1S/C9H10N4O3/c1-5(14)9-10-8(13-16-9)6-3-4-7(15-2)12-11-6/h3-5,14H,1-2H3/t5-/m0/s1. The lowest BCUT2D eigenvalue weighted by atomic mass is 10.3. The van der Waals surface area contributed by atoms with Gasteiger partial charge in [0.05, 0.1) is 7.11 Å². The molecule has 0 saturated carbocycles. The predicted molar refractivity (Wildman–Crippen MR) is 52.5 cm³/mol. The summed E-state index contributed by atoms with van der Waals surface area (Å²) in [5, 5.41) is 20.5. The minimum absolute atomic E-state index is 0.146. The molecule has 84 valence electrons. The zero-order valence-corrected chi connectivity index (χ0v) is 8.78. The van der Waals surface area contributed by atoms with Gasteiger partial charge >= 0.3 is 0 Å². The molecule has 0 spiro atoms. The molecule has 1 N–H and O–H groups in total. The summed E-state index contributed by atoms with van der Waals surface area (Å²) < 4.78 is 9.70. The Labute approximate surface area is 91.1 Å². The van der Waals surface area contributed by atoms with Crippen molar-refractivity contribution in [3.63, 3.8) is 0 Å². The summed E-state index contributed by atoms with van der Waals surface area (Å²) in [6.45, 7) is 1.54. The third-order valence-electron chi connectivity index (χ3n) is 1.88. The lowest BCUT2D eigenvalue weighted by molar-refractivity contribution is 0.152. The molecule has 0 aliphatic carbocycles. The number of rotatable bonds is 3. The van der Waals surface area contributed by atoms with E-state index in [0.29, 0.717) is 11.6 Å². The smallest absolute Gasteiger partial charge is 0.255 e. The van der Waals surface area contributed by atoms with E-state index in [-0.39, 0.29) is 11.7 Å². The largest absolute Gasteiger partial charge is 0.480 e. The molecule has 7 heteroatoms. The number of hydrogen-bond donors (Lipinski definition) is 1. The quantitative estimate of drug-likeness (QED) is 0.811. The highest BCUT2D eigenvalue weighted by Gasteiger charge is 2.13. The van der Waals surface area contributed by atoms with Crippen molar-refractivity contribution in [1.29, 1.82) is 0 Å². The van der Waals surface area contributed by atoms with Gasteiger partial charge in [-0.25, -0.2) is 0 Å². The van der Waals surface area contributed by atoms with Crippen LogP contribution in [-0.2, 0) is 0 Å². The van der Waals surface area contributed by atoms with Crippen molar-refractivity contribution in [2.75, 3.05) is 7.11 Å². The minimum Gasteiger partial charge on any atom is -0.480 e. The zero-order chi connectivity index (χ0) is 11.5. The molecule has 2 heterocycles. The summed E-state index contributed by atoms with van der Waals surface area (Å²) in [6, 6.07) is 3.29. The van der Waals surface area contributed by atoms with Crippen LogP contribution in [0.15, 0.2) is 16.7 Å². The number of aliphatic hydroxyl groups is 1. The van der Waals surface area contributed by atoms with E-state index in [2.05, 4.69) is 20.3 Å². The Balaban J connectivity index is 2.28. The van der Waals surface area contributed by atoms with Crippen LogP contribution in [0.3, 0.4) is 0 Å². The van der Waals surface area contributed by atoms with Crippen LogP contribution in [0.4, 0.5) is 0 Å². The van der Waals surface area contributed by atoms with Crippen molar-refractivity contribution in [3.8, 4) is 17.4 Å². The number of hydrogen-bond acceptors (Lipinski definition) is 7. The van der Waals surface area contributed by atoms with Gasteiger partial charge in [-0.15, -0.1) is 10.2 Å². The molecule has 0 aliphatic rings. The van der Waals surface area contributed by atoms with E-state index in [1.54, 1.807) is 12.1 Å². The molecular weight excluding hydrogens is 212 g/mol. The second-order valence-corrected chi connectivity index (χ2v) is 3.09. The molecule has 0 fully saturated rings. The molecule has 0 saturated heterocycles. The number of aliphatic hydroxyl groups excluding tert-OH is 1. The van der Waals surface area contributed by atoms with Gasteiger partial charge in [-0.3, -0.25) is 0 Å². The Morgan fingerprint density at radius 3 is 2.69 bits per heavy atom. The lowest BCUT2D eigenvalue weighted by Crippen LogP contribution is -1.94. The van der Waals surface area contributed by atoms with Gasteiger partial charge in [0.1, 0.15) is 11.8 Å². The topological polar surface area (TPSA) is 94.2 Å². The summed E-state index contributed by atoms with van der Waals surface area (Å²) in [5.74, 6) is 0.835. The second-order valence-electron chi connectivity index (χ2n) is 3.09. The van der Waals surface area contributed by atoms with E-state index in [1.165, 1.54) is 14.0 Å². The van der Waals surface area contributed by atoms with Gasteiger partial charge in [0, 0.05) is 6.07 Å². The monoisotopic (exact) mass is 222 g/mol. The van der Waals surface area contributed by atoms with E-state index in [1.807, 2.05) is 0 Å². The SMILES string of the molecule is COc1ccc(-c2noc([C@H](C)O)n2)nn1. The van der Waals surface area contributed by atoms with Crippen LogP contribution in [0.2, 0.25) is 0 Å². The number of ether oxygens (including phenoxy) is 1. The van der Waals surface area contributed by atoms with E-state index >= 15 is 0 Å². The summed E-state index contributed by atoms with van der Waals surface area (Å²) in [7, 11) is 1.50. The van der Waals surface area contributed by atoms with Crippen LogP contribution in [0.5, 0.6) is 5.88 Å². The Hall–Kier alpha value is -2.02. The third-order valence-corrected chi connectivity index (χ3v) is 1.88. The first-order chi connectivity index (χ1) is 7.70. The van der Waals surface area contributed by atoms with Crippen molar-refractivity contribution < 1.29 is 14.4 Å². The maximum atomic E-state index is 9.21. The fraction of sp³-hybridized carbons (Fsp3) is 0.333. The predicted octanol–water partition coefficient (Wildman–Crippen LogP) is 0.588. The van der Waals surface area contributed by atoms with Gasteiger partial charge in [0.2, 0.25) is 11.7 Å². The number of aromatic nitrogens is 4. The normalized spacial score (nSPS) is 12.4. The Bertz CT molecular complexity index is 466. The summed E-state index contributed by atoms with van der Waals surface area (Å²) >= 11 is 0. The molecule has 1 atom stereocenters. The molecule has 0 bridgehead atoms. The lowest BCUT2D eigenvalue weighted by Gasteiger charge is -1.96. The summed E-state index contributed by atoms with van der Waals surface area (Å²) in [6.07, 6.45) is -0.799. The Kier molecular flexibility index (Phi) is 2.78. The van der Waals surface area contributed by atoms with Crippen LogP contribution >= 0.6 is 0 Å². The van der Waals surface area contributed by atoms with Gasteiger partial charge in [-0.05, 0) is 13.0 Å². The van der Waals surface area contributed by atoms with E-state index < -0.39 is 6.10 Å². The number of nitrogens with zero attached hydrogens (tertiary/aromatic N) is 4. The van der Waals surface area contributed by atoms with Crippen LogP contribution in [0.25, 0.3) is 11.5 Å². The fourth-order valence-corrected chi connectivity index (χ4v) is 1.06. The highest BCUT2D eigenvalue weighted by atomic mass is 16.5. The third kappa shape index (κ3) is 1.98. The van der Waals surface area contributed by atoms with E-state index in [0.717, 1.165) is 0 Å². The maximum Gasteiger partial charge on any atom is 0.255 e. The average molecular weight is 222 g/mol. The average Bonchev–Trinajstić information content (AvgIpc) is 2.78. The molecule has 0 aromatic carbocycles. The first kappa shape index (κ1) is 10.5. The van der Waals surface area contributed by atoms with Crippen molar-refractivity contribution in [3.05, 3.63) is 18.0 Å². The van der Waals surface area contributed by atoms with Gasteiger partial charge in [-0.1, -0.05) is 5.16 Å². The maximum absolute atomic E-state index is 9.21. The van der Waals surface area contributed by atoms with Crippen LogP contribution < -0.4 is 4.74 Å². The molecular formula is C9H10N4O3. The van der Waals surface area contributed by atoms with Gasteiger partial charge in [0.15, 0.2) is 0 Å². The molecule has 16 heavy (non-hydrogen) atoms. The Morgan fingerprint density at radius 1 is 1.38 bits per heavy atom. The van der Waals surface area contributed by atoms with Crippen LogP contribution in [-0.4, -0.2) is 32.6 Å². The van der Waals surface area contributed by atoms with Gasteiger partial charge in [-0.2, -0.15) is 4.98 Å². The number of methoxy groups -OCH3 is 1. The van der Waals surface area contributed by atoms with Gasteiger partial charge < -0.3 is 14.4 Å². The molecule has 2 rings (SSSR count). The fourth-order valence-electron chi connectivity index (χ4n) is 1.06. The molecule has 0 unspecified atom stereocenters. The van der Waals surface area contributed by atoms with Crippen molar-refractivity contribution in [1.82, 2.24) is 20.3 Å². The molecule has 0 amide bonds. The van der Waals surface area contributed by atoms with E-state index in [9.17, 15) is 5.11 Å².